The summed E-state index contributed by atoms with van der Waals surface area (Å²) in [6, 6.07) is 10.2. The number of aromatic hydroxyl groups is 1. The molecule has 1 aromatic heterocycles. The zero-order valence-electron chi connectivity index (χ0n) is 12.6. The molecule has 0 amide bonds. The zero-order chi connectivity index (χ0) is 15.1. The van der Waals surface area contributed by atoms with Gasteiger partial charge in [-0.25, -0.2) is 4.39 Å². The third-order valence-electron chi connectivity index (χ3n) is 3.77. The molecule has 5 heteroatoms. The molecule has 3 rings (SSSR count). The first-order chi connectivity index (χ1) is 9.97. The van der Waals surface area contributed by atoms with E-state index in [0.717, 1.165) is 33.4 Å². The predicted octanol–water partition coefficient (Wildman–Crippen LogP) is 4.48. The number of rotatable bonds is 2. The van der Waals surface area contributed by atoms with E-state index in [4.69, 9.17) is 0 Å². The standard InChI is InChI=1S/C17H17FN2O.ClH/c1-10-13-9-12(18)5-6-14(13)19-17(10)11-4-7-16(21)15(8-11)20(2)3;/h4-9,19,21H,1-3H3;1H. The van der Waals surface area contributed by atoms with Crippen LogP contribution in [0.5, 0.6) is 5.75 Å². The normalized spacial score (nSPS) is 10.5. The van der Waals surface area contributed by atoms with E-state index in [1.807, 2.05) is 38.1 Å². The van der Waals surface area contributed by atoms with Gasteiger partial charge >= 0.3 is 0 Å². The van der Waals surface area contributed by atoms with Crippen LogP contribution in [-0.2, 0) is 0 Å². The van der Waals surface area contributed by atoms with Crippen molar-refractivity contribution in [1.29, 1.82) is 0 Å². The Morgan fingerprint density at radius 1 is 1.09 bits per heavy atom. The van der Waals surface area contributed by atoms with Gasteiger partial charge in [0.25, 0.3) is 0 Å². The first-order valence-corrected chi connectivity index (χ1v) is 6.76. The molecule has 0 fully saturated rings. The predicted molar refractivity (Wildman–Crippen MR) is 91.7 cm³/mol. The molecule has 3 nitrogen and oxygen atoms in total. The number of fused-ring (bicyclic) bond motifs is 1. The fourth-order valence-electron chi connectivity index (χ4n) is 2.62. The maximum absolute atomic E-state index is 13.4. The van der Waals surface area contributed by atoms with Crippen LogP contribution in [0.1, 0.15) is 5.56 Å². The highest BCUT2D eigenvalue weighted by atomic mass is 35.5. The van der Waals surface area contributed by atoms with Gasteiger partial charge in [-0.15, -0.1) is 12.4 Å². The summed E-state index contributed by atoms with van der Waals surface area (Å²) >= 11 is 0. The SMILES string of the molecule is Cc1c(-c2ccc(O)c(N(C)C)c2)[nH]c2ccc(F)cc12.Cl. The smallest absolute Gasteiger partial charge is 0.138 e. The van der Waals surface area contributed by atoms with E-state index in [-0.39, 0.29) is 24.0 Å². The number of aromatic amines is 1. The number of phenols is 1. The number of phenolic OH excluding ortho intramolecular Hbond substituents is 1. The number of hydrogen-bond donors (Lipinski definition) is 2. The van der Waals surface area contributed by atoms with Crippen LogP contribution in [0, 0.1) is 12.7 Å². The van der Waals surface area contributed by atoms with Gasteiger partial charge in [0, 0.05) is 36.3 Å². The molecule has 1 heterocycles. The number of H-pyrrole nitrogens is 1. The zero-order valence-corrected chi connectivity index (χ0v) is 13.5. The topological polar surface area (TPSA) is 39.3 Å². The molecular weight excluding hydrogens is 303 g/mol. The maximum atomic E-state index is 13.4. The van der Waals surface area contributed by atoms with Gasteiger partial charge in [0.1, 0.15) is 11.6 Å². The Morgan fingerprint density at radius 3 is 2.50 bits per heavy atom. The molecule has 0 spiro atoms. The fraction of sp³-hybridized carbons (Fsp3) is 0.176. The first-order valence-electron chi connectivity index (χ1n) is 6.76. The molecule has 22 heavy (non-hydrogen) atoms. The van der Waals surface area contributed by atoms with Crippen LogP contribution in [0.4, 0.5) is 10.1 Å². The number of nitrogens with zero attached hydrogens (tertiary/aromatic N) is 1. The van der Waals surface area contributed by atoms with Gasteiger partial charge in [0.2, 0.25) is 0 Å². The molecule has 0 aliphatic rings. The van der Waals surface area contributed by atoms with Crippen LogP contribution < -0.4 is 4.90 Å². The van der Waals surface area contributed by atoms with Crippen LogP contribution in [-0.4, -0.2) is 24.2 Å². The van der Waals surface area contributed by atoms with Gasteiger partial charge in [-0.1, -0.05) is 0 Å². The summed E-state index contributed by atoms with van der Waals surface area (Å²) in [6.45, 7) is 1.97. The van der Waals surface area contributed by atoms with Gasteiger partial charge in [-0.2, -0.15) is 0 Å². The first kappa shape index (κ1) is 16.2. The minimum absolute atomic E-state index is 0. The number of anilines is 1. The molecule has 0 unspecified atom stereocenters. The largest absolute Gasteiger partial charge is 0.506 e. The molecule has 116 valence electrons. The molecule has 0 aliphatic carbocycles. The Labute approximate surface area is 134 Å². The van der Waals surface area contributed by atoms with E-state index in [9.17, 15) is 9.50 Å². The molecule has 0 aliphatic heterocycles. The van der Waals surface area contributed by atoms with E-state index in [0.29, 0.717) is 0 Å². The van der Waals surface area contributed by atoms with Gasteiger partial charge in [0.15, 0.2) is 0 Å². The summed E-state index contributed by atoms with van der Waals surface area (Å²) in [4.78, 5) is 5.18. The summed E-state index contributed by atoms with van der Waals surface area (Å²) in [5.41, 5.74) is 4.56. The molecule has 3 aromatic rings. The number of hydrogen-bond acceptors (Lipinski definition) is 2. The average molecular weight is 321 g/mol. The van der Waals surface area contributed by atoms with E-state index in [2.05, 4.69) is 4.98 Å². The summed E-state index contributed by atoms with van der Waals surface area (Å²) in [6.07, 6.45) is 0. The molecule has 0 bridgehead atoms. The highest BCUT2D eigenvalue weighted by Gasteiger charge is 2.12. The highest BCUT2D eigenvalue weighted by Crippen LogP contribution is 2.35. The lowest BCUT2D eigenvalue weighted by molar-refractivity contribution is 0.476. The van der Waals surface area contributed by atoms with E-state index in [1.165, 1.54) is 12.1 Å². The van der Waals surface area contributed by atoms with E-state index >= 15 is 0 Å². The monoisotopic (exact) mass is 320 g/mol. The van der Waals surface area contributed by atoms with Gasteiger partial charge in [0.05, 0.1) is 5.69 Å². The van der Waals surface area contributed by atoms with Crippen molar-refractivity contribution in [3.8, 4) is 17.0 Å². The molecular formula is C17H18ClFN2O. The number of aryl methyl sites for hydroxylation is 1. The molecule has 2 N–H and O–H groups in total. The Morgan fingerprint density at radius 2 is 1.82 bits per heavy atom. The van der Waals surface area contributed by atoms with Crippen LogP contribution in [0.15, 0.2) is 36.4 Å². The van der Waals surface area contributed by atoms with Crippen LogP contribution in [0.25, 0.3) is 22.2 Å². The van der Waals surface area contributed by atoms with Crippen molar-refractivity contribution in [3.05, 3.63) is 47.8 Å². The Kier molecular flexibility index (Phi) is 4.33. The average Bonchev–Trinajstić information content (AvgIpc) is 2.76. The number of aromatic nitrogens is 1. The number of nitrogens with one attached hydrogen (secondary N) is 1. The summed E-state index contributed by atoms with van der Waals surface area (Å²) in [5.74, 6) is -0.000560. The third-order valence-corrected chi connectivity index (χ3v) is 3.77. The Hall–Kier alpha value is -2.20. The van der Waals surface area contributed by atoms with Crippen LogP contribution in [0.3, 0.4) is 0 Å². The van der Waals surface area contributed by atoms with Crippen molar-refractivity contribution < 1.29 is 9.50 Å². The van der Waals surface area contributed by atoms with Gasteiger partial charge in [-0.05, 0) is 48.9 Å². The third kappa shape index (κ3) is 2.62. The quantitative estimate of drug-likeness (QED) is 0.731. The van der Waals surface area contributed by atoms with Crippen LogP contribution >= 0.6 is 12.4 Å². The highest BCUT2D eigenvalue weighted by molar-refractivity contribution is 5.91. The van der Waals surface area contributed by atoms with Crippen molar-refractivity contribution in [2.24, 2.45) is 0 Å². The minimum atomic E-state index is -0.240. The lowest BCUT2D eigenvalue weighted by Crippen LogP contribution is -2.08. The van der Waals surface area contributed by atoms with Crippen molar-refractivity contribution in [3.63, 3.8) is 0 Å². The lowest BCUT2D eigenvalue weighted by Gasteiger charge is -2.15. The molecule has 0 saturated carbocycles. The summed E-state index contributed by atoms with van der Waals surface area (Å²) in [5, 5.41) is 10.8. The van der Waals surface area contributed by atoms with Gasteiger partial charge < -0.3 is 15.0 Å². The van der Waals surface area contributed by atoms with Crippen molar-refractivity contribution in [2.45, 2.75) is 6.92 Å². The fourth-order valence-corrected chi connectivity index (χ4v) is 2.62. The molecule has 0 atom stereocenters. The molecule has 0 radical (unpaired) electrons. The summed E-state index contributed by atoms with van der Waals surface area (Å²) < 4.78 is 13.4. The second-order valence-electron chi connectivity index (χ2n) is 5.41. The van der Waals surface area contributed by atoms with E-state index in [1.54, 1.807) is 12.1 Å². The lowest BCUT2D eigenvalue weighted by atomic mass is 10.1. The van der Waals surface area contributed by atoms with Crippen LogP contribution in [0.2, 0.25) is 0 Å². The van der Waals surface area contributed by atoms with Gasteiger partial charge in [-0.3, -0.25) is 0 Å². The second-order valence-corrected chi connectivity index (χ2v) is 5.41. The van der Waals surface area contributed by atoms with E-state index < -0.39 is 0 Å². The van der Waals surface area contributed by atoms with Crippen molar-refractivity contribution in [1.82, 2.24) is 4.98 Å². The Balaban J connectivity index is 0.00000176. The Bertz CT molecular complexity index is 827. The summed E-state index contributed by atoms with van der Waals surface area (Å²) in [7, 11) is 3.76. The number of halogens is 2. The second kappa shape index (κ2) is 5.89. The van der Waals surface area contributed by atoms with Crippen molar-refractivity contribution in [2.75, 3.05) is 19.0 Å². The maximum Gasteiger partial charge on any atom is 0.138 e. The molecule has 0 saturated heterocycles. The van der Waals surface area contributed by atoms with Crippen molar-refractivity contribution >= 4 is 29.0 Å². The minimum Gasteiger partial charge on any atom is -0.506 e. The molecule has 2 aromatic carbocycles. The number of benzene rings is 2.